The lowest BCUT2D eigenvalue weighted by Gasteiger charge is -2.19. The number of rotatable bonds is 9. The van der Waals surface area contributed by atoms with E-state index in [0.29, 0.717) is 17.0 Å². The number of aliphatic hydroxyl groups is 3. The Hall–Kier alpha value is -3.13. The highest BCUT2D eigenvalue weighted by atomic mass is 35.5. The third-order valence-corrected chi connectivity index (χ3v) is 6.64. The molecule has 3 aromatic heterocycles. The summed E-state index contributed by atoms with van der Waals surface area (Å²) >= 11 is 6.20. The Morgan fingerprint density at radius 3 is 2.62 bits per heavy atom. The number of aliphatic hydroxyl groups excluding tert-OH is 3. The highest BCUT2D eigenvalue weighted by Crippen LogP contribution is 2.34. The molecule has 2 atom stereocenters. The summed E-state index contributed by atoms with van der Waals surface area (Å²) in [4.78, 5) is 17.8. The molecule has 0 aromatic carbocycles. The Morgan fingerprint density at radius 1 is 1.22 bits per heavy atom. The van der Waals surface area contributed by atoms with Crippen LogP contribution in [0.1, 0.15) is 17.4 Å². The number of ether oxygens (including phenoxy) is 1. The minimum absolute atomic E-state index is 0.0131. The van der Waals surface area contributed by atoms with Crippen LogP contribution in [0.5, 0.6) is 5.88 Å². The van der Waals surface area contributed by atoms with Crippen molar-refractivity contribution >= 4 is 17.3 Å². The third-order valence-electron chi connectivity index (χ3n) is 6.28. The predicted octanol–water partition coefficient (Wildman–Crippen LogP) is 1.03. The molecule has 3 aromatic rings. The van der Waals surface area contributed by atoms with Gasteiger partial charge in [0, 0.05) is 22.9 Å². The van der Waals surface area contributed by atoms with Crippen LogP contribution in [0.25, 0.3) is 11.1 Å². The maximum absolute atomic E-state index is 14.9. The van der Waals surface area contributed by atoms with Gasteiger partial charge in [0.25, 0.3) is 5.56 Å². The lowest BCUT2D eigenvalue weighted by atomic mass is 10.0. The number of anilines is 1. The van der Waals surface area contributed by atoms with Crippen molar-refractivity contribution in [2.24, 2.45) is 0 Å². The zero-order valence-electron chi connectivity index (χ0n) is 20.2. The highest BCUT2D eigenvalue weighted by Gasteiger charge is 2.37. The summed E-state index contributed by atoms with van der Waals surface area (Å²) in [5, 5.41) is 36.2. The van der Waals surface area contributed by atoms with Crippen molar-refractivity contribution in [2.45, 2.75) is 38.7 Å². The van der Waals surface area contributed by atoms with Crippen molar-refractivity contribution in [2.75, 3.05) is 37.8 Å². The van der Waals surface area contributed by atoms with E-state index in [1.54, 1.807) is 13.8 Å². The third kappa shape index (κ3) is 5.17. The van der Waals surface area contributed by atoms with Crippen LogP contribution in [0.4, 0.5) is 14.5 Å². The largest absolute Gasteiger partial charge is 0.469 e. The van der Waals surface area contributed by atoms with Crippen molar-refractivity contribution in [1.82, 2.24) is 24.5 Å². The molecule has 11 nitrogen and oxygen atoms in total. The predicted molar refractivity (Wildman–Crippen MR) is 130 cm³/mol. The monoisotopic (exact) mass is 540 g/mol. The van der Waals surface area contributed by atoms with Crippen LogP contribution in [-0.4, -0.2) is 85.1 Å². The van der Waals surface area contributed by atoms with Crippen LogP contribution in [0.15, 0.2) is 23.3 Å². The van der Waals surface area contributed by atoms with Gasteiger partial charge in [-0.1, -0.05) is 11.6 Å². The van der Waals surface area contributed by atoms with Gasteiger partial charge in [0.15, 0.2) is 12.3 Å². The summed E-state index contributed by atoms with van der Waals surface area (Å²) in [6.07, 6.45) is -0.150. The number of alkyl halides is 1. The Bertz CT molecular complexity index is 1330. The molecule has 0 bridgehead atoms. The van der Waals surface area contributed by atoms with Crippen molar-refractivity contribution < 1.29 is 28.8 Å². The van der Waals surface area contributed by atoms with Gasteiger partial charge in [-0.2, -0.15) is 10.2 Å². The molecule has 3 N–H and O–H groups in total. The topological polar surface area (TPSA) is 139 Å². The number of nitrogens with zero attached hydrogens (tertiary/aromatic N) is 6. The molecule has 1 aliphatic rings. The fourth-order valence-electron chi connectivity index (χ4n) is 4.42. The molecule has 0 saturated carbocycles. The van der Waals surface area contributed by atoms with Crippen LogP contribution in [0.3, 0.4) is 0 Å². The molecule has 0 unspecified atom stereocenters. The lowest BCUT2D eigenvalue weighted by Crippen LogP contribution is -2.30. The van der Waals surface area contributed by atoms with E-state index in [1.165, 1.54) is 21.8 Å². The maximum Gasteiger partial charge on any atom is 0.287 e. The Morgan fingerprint density at radius 2 is 1.95 bits per heavy atom. The average Bonchev–Trinajstić information content (AvgIpc) is 3.37. The zero-order valence-corrected chi connectivity index (χ0v) is 20.9. The van der Waals surface area contributed by atoms with E-state index < -0.39 is 29.7 Å². The van der Waals surface area contributed by atoms with Gasteiger partial charge >= 0.3 is 0 Å². The number of aromatic nitrogens is 5. The van der Waals surface area contributed by atoms with Crippen LogP contribution < -0.4 is 15.2 Å². The van der Waals surface area contributed by atoms with E-state index in [9.17, 15) is 23.8 Å². The van der Waals surface area contributed by atoms with E-state index >= 15 is 0 Å². The molecule has 37 heavy (non-hydrogen) atoms. The second-order valence-corrected chi connectivity index (χ2v) is 9.06. The summed E-state index contributed by atoms with van der Waals surface area (Å²) in [5.41, 5.74) is 1.20. The summed E-state index contributed by atoms with van der Waals surface area (Å²) in [7, 11) is 0. The fourth-order valence-corrected chi connectivity index (χ4v) is 4.69. The molecular formula is C23H27ClF2N6O5. The summed E-state index contributed by atoms with van der Waals surface area (Å²) in [6.45, 7) is 2.27. The first-order chi connectivity index (χ1) is 17.7. The highest BCUT2D eigenvalue weighted by molar-refractivity contribution is 6.33. The molecule has 0 spiro atoms. The Balaban J connectivity index is 1.58. The average molecular weight is 541 g/mol. The van der Waals surface area contributed by atoms with Crippen molar-refractivity contribution in [1.29, 1.82) is 0 Å². The minimum atomic E-state index is -1.47. The van der Waals surface area contributed by atoms with Crippen LogP contribution in [-0.2, 0) is 6.54 Å². The van der Waals surface area contributed by atoms with Gasteiger partial charge in [0.05, 0.1) is 69.3 Å². The molecule has 0 amide bonds. The molecule has 200 valence electrons. The molecular weight excluding hydrogens is 514 g/mol. The van der Waals surface area contributed by atoms with Crippen LogP contribution >= 0.6 is 11.6 Å². The molecule has 4 rings (SSSR count). The van der Waals surface area contributed by atoms with E-state index in [0.717, 1.165) is 10.9 Å². The number of hydrogen-bond donors (Lipinski definition) is 3. The SMILES string of the molecule is Cc1nn(C(CO)CO)c(C)c1-c1cc(O[C@H]2CN(c3cnn(CCO)c(=O)c3Cl)C[C@@H]2F)ncc1F. The van der Waals surface area contributed by atoms with E-state index in [-0.39, 0.29) is 61.6 Å². The summed E-state index contributed by atoms with van der Waals surface area (Å²) < 4.78 is 38.0. The van der Waals surface area contributed by atoms with Crippen LogP contribution in [0.2, 0.25) is 5.02 Å². The normalized spacial score (nSPS) is 17.7. The van der Waals surface area contributed by atoms with E-state index in [2.05, 4.69) is 15.2 Å². The van der Waals surface area contributed by atoms with Crippen LogP contribution in [0, 0.1) is 19.7 Å². The molecule has 14 heteroatoms. The smallest absolute Gasteiger partial charge is 0.287 e. The molecule has 1 aliphatic heterocycles. The number of pyridine rings is 1. The standard InChI is InChI=1S/C23H27ClF2N6O5/c1-12-21(13(2)32(29-12)14(10-34)11-35)15-5-20(27-6-16(15)25)37-19-9-30(8-17(19)26)18-7-28-31(3-4-33)23(36)22(18)24/h5-7,14,17,19,33-35H,3-4,8-11H2,1-2H3/t17-,19-/m0/s1. The second-order valence-electron chi connectivity index (χ2n) is 8.68. The first kappa shape index (κ1) is 26.9. The molecule has 0 aliphatic carbocycles. The quantitative estimate of drug-likeness (QED) is 0.363. The number of hydrogen-bond acceptors (Lipinski definition) is 9. The first-order valence-electron chi connectivity index (χ1n) is 11.6. The molecule has 0 radical (unpaired) electrons. The van der Waals surface area contributed by atoms with Gasteiger partial charge in [0.2, 0.25) is 5.88 Å². The minimum Gasteiger partial charge on any atom is -0.469 e. The van der Waals surface area contributed by atoms with Gasteiger partial charge in [-0.05, 0) is 13.8 Å². The summed E-state index contributed by atoms with van der Waals surface area (Å²) in [6, 6.07) is 0.667. The Kier molecular flexibility index (Phi) is 8.07. The molecule has 1 saturated heterocycles. The lowest BCUT2D eigenvalue weighted by molar-refractivity contribution is 0.134. The second kappa shape index (κ2) is 11.1. The maximum atomic E-state index is 14.9. The van der Waals surface area contributed by atoms with Gasteiger partial charge in [0.1, 0.15) is 10.8 Å². The summed E-state index contributed by atoms with van der Waals surface area (Å²) in [5.74, 6) is -0.658. The van der Waals surface area contributed by atoms with Crippen molar-refractivity contribution in [3.63, 3.8) is 0 Å². The van der Waals surface area contributed by atoms with Gasteiger partial charge in [-0.3, -0.25) is 9.48 Å². The zero-order chi connectivity index (χ0) is 26.9. The molecule has 4 heterocycles. The van der Waals surface area contributed by atoms with Gasteiger partial charge < -0.3 is 25.0 Å². The van der Waals surface area contributed by atoms with Crippen molar-refractivity contribution in [3.8, 4) is 17.0 Å². The van der Waals surface area contributed by atoms with E-state index in [1.807, 2.05) is 0 Å². The number of halogens is 3. The fraction of sp³-hybridized carbons (Fsp3) is 0.478. The number of aryl methyl sites for hydroxylation is 1. The van der Waals surface area contributed by atoms with Gasteiger partial charge in [-0.25, -0.2) is 18.4 Å². The Labute approximate surface area is 215 Å². The van der Waals surface area contributed by atoms with Crippen molar-refractivity contribution in [3.05, 3.63) is 51.0 Å². The first-order valence-corrected chi connectivity index (χ1v) is 11.9. The molecule has 1 fully saturated rings. The van der Waals surface area contributed by atoms with E-state index in [4.69, 9.17) is 21.4 Å². The van der Waals surface area contributed by atoms with Gasteiger partial charge in [-0.15, -0.1) is 0 Å².